The summed E-state index contributed by atoms with van der Waals surface area (Å²) in [5, 5.41) is 9.44. The van der Waals surface area contributed by atoms with Crippen LogP contribution in [0.3, 0.4) is 0 Å². The predicted molar refractivity (Wildman–Crippen MR) is 86.9 cm³/mol. The van der Waals surface area contributed by atoms with E-state index in [1.165, 1.54) is 17.7 Å². The van der Waals surface area contributed by atoms with Gasteiger partial charge in [0.05, 0.1) is 17.6 Å². The molecule has 0 unspecified atom stereocenters. The number of ether oxygens (including phenoxy) is 1. The minimum Gasteiger partial charge on any atom is -0.494 e. The van der Waals surface area contributed by atoms with E-state index in [1.807, 2.05) is 35.8 Å². The van der Waals surface area contributed by atoms with E-state index in [2.05, 4.69) is 4.98 Å². The van der Waals surface area contributed by atoms with Crippen LogP contribution < -0.4 is 4.74 Å². The molecule has 0 aliphatic heterocycles. The molecule has 3 aromatic rings. The zero-order valence-electron chi connectivity index (χ0n) is 13.0. The minimum atomic E-state index is -0.325. The molecule has 0 saturated carbocycles. The fraction of sp³-hybridized carbons (Fsp3) is 0.278. The maximum Gasteiger partial charge on any atom is 0.135 e. The van der Waals surface area contributed by atoms with Gasteiger partial charge in [-0.15, -0.1) is 0 Å². The van der Waals surface area contributed by atoms with Crippen LogP contribution in [0.5, 0.6) is 5.75 Å². The zero-order chi connectivity index (χ0) is 16.2. The van der Waals surface area contributed by atoms with Crippen LogP contribution in [0.25, 0.3) is 11.0 Å². The monoisotopic (exact) mass is 314 g/mol. The van der Waals surface area contributed by atoms with Crippen LogP contribution in [0.15, 0.2) is 42.5 Å². The van der Waals surface area contributed by atoms with E-state index in [4.69, 9.17) is 4.74 Å². The first-order chi connectivity index (χ1) is 11.2. The van der Waals surface area contributed by atoms with E-state index < -0.39 is 0 Å². The summed E-state index contributed by atoms with van der Waals surface area (Å²) in [6.45, 7) is 3.08. The summed E-state index contributed by atoms with van der Waals surface area (Å²) in [6.07, 6.45) is 0.768. The van der Waals surface area contributed by atoms with Crippen LogP contribution in [0.4, 0.5) is 4.39 Å². The molecule has 4 nitrogen and oxygen atoms in total. The lowest BCUT2D eigenvalue weighted by atomic mass is 10.2. The van der Waals surface area contributed by atoms with Crippen molar-refractivity contribution in [2.75, 3.05) is 6.61 Å². The third kappa shape index (κ3) is 3.51. The van der Waals surface area contributed by atoms with Gasteiger partial charge in [0.15, 0.2) is 0 Å². The molecule has 23 heavy (non-hydrogen) atoms. The van der Waals surface area contributed by atoms with Gasteiger partial charge in [-0.1, -0.05) is 17.7 Å². The van der Waals surface area contributed by atoms with Gasteiger partial charge in [0.1, 0.15) is 24.0 Å². The van der Waals surface area contributed by atoms with E-state index >= 15 is 0 Å². The molecular weight excluding hydrogens is 295 g/mol. The summed E-state index contributed by atoms with van der Waals surface area (Å²) in [6, 6.07) is 12.4. The minimum absolute atomic E-state index is 0.172. The second-order valence-corrected chi connectivity index (χ2v) is 5.49. The number of benzene rings is 2. The number of nitrogens with zero attached hydrogens (tertiary/aromatic N) is 2. The molecule has 1 aromatic heterocycles. The van der Waals surface area contributed by atoms with Gasteiger partial charge in [-0.05, 0) is 37.6 Å². The Hall–Kier alpha value is -2.40. The average molecular weight is 314 g/mol. The van der Waals surface area contributed by atoms with E-state index in [-0.39, 0.29) is 12.4 Å². The highest BCUT2D eigenvalue weighted by Gasteiger charge is 2.10. The maximum atomic E-state index is 13.3. The predicted octanol–water partition coefficient (Wildman–Crippen LogP) is 3.45. The molecule has 0 aliphatic rings. The van der Waals surface area contributed by atoms with Gasteiger partial charge in [-0.2, -0.15) is 0 Å². The fourth-order valence-corrected chi connectivity index (χ4v) is 2.57. The van der Waals surface area contributed by atoms with E-state index in [1.54, 1.807) is 6.07 Å². The quantitative estimate of drug-likeness (QED) is 0.709. The summed E-state index contributed by atoms with van der Waals surface area (Å²) >= 11 is 0. The van der Waals surface area contributed by atoms with Gasteiger partial charge in [0.25, 0.3) is 0 Å². The van der Waals surface area contributed by atoms with Gasteiger partial charge in [-0.25, -0.2) is 9.37 Å². The first kappa shape index (κ1) is 15.5. The van der Waals surface area contributed by atoms with Crippen molar-refractivity contribution in [1.82, 2.24) is 9.55 Å². The molecule has 3 rings (SSSR count). The lowest BCUT2D eigenvalue weighted by Gasteiger charge is -2.09. The highest BCUT2D eigenvalue weighted by molar-refractivity contribution is 5.76. The zero-order valence-corrected chi connectivity index (χ0v) is 13.0. The third-order valence-corrected chi connectivity index (χ3v) is 3.75. The topological polar surface area (TPSA) is 47.3 Å². The number of aromatic nitrogens is 2. The smallest absolute Gasteiger partial charge is 0.135 e. The molecule has 1 N–H and O–H groups in total. The number of aliphatic hydroxyl groups is 1. The normalized spacial score (nSPS) is 11.1. The van der Waals surface area contributed by atoms with Gasteiger partial charge in [0, 0.05) is 12.6 Å². The molecule has 2 aromatic carbocycles. The molecule has 0 fully saturated rings. The summed E-state index contributed by atoms with van der Waals surface area (Å²) in [4.78, 5) is 4.27. The second-order valence-electron chi connectivity index (χ2n) is 5.49. The largest absolute Gasteiger partial charge is 0.494 e. The molecule has 5 heteroatoms. The van der Waals surface area contributed by atoms with E-state index in [0.29, 0.717) is 24.5 Å². The molecule has 0 saturated heterocycles. The number of aryl methyl sites for hydroxylation is 2. The molecular formula is C18H19FN2O2. The van der Waals surface area contributed by atoms with Crippen LogP contribution in [-0.4, -0.2) is 21.3 Å². The lowest BCUT2D eigenvalue weighted by Crippen LogP contribution is -2.08. The van der Waals surface area contributed by atoms with Crippen molar-refractivity contribution in [1.29, 1.82) is 0 Å². The van der Waals surface area contributed by atoms with Crippen molar-refractivity contribution in [2.45, 2.75) is 26.5 Å². The first-order valence-corrected chi connectivity index (χ1v) is 7.62. The molecule has 0 atom stereocenters. The number of halogens is 1. The maximum absolute atomic E-state index is 13.3. The Bertz CT molecular complexity index is 797. The lowest BCUT2D eigenvalue weighted by molar-refractivity contribution is 0.261. The molecule has 0 aliphatic carbocycles. The number of hydrogen-bond acceptors (Lipinski definition) is 3. The Labute approximate surface area is 134 Å². The molecule has 0 spiro atoms. The highest BCUT2D eigenvalue weighted by Crippen LogP contribution is 2.18. The molecule has 120 valence electrons. The number of fused-ring (bicyclic) bond motifs is 1. The highest BCUT2D eigenvalue weighted by atomic mass is 19.1. The van der Waals surface area contributed by atoms with Gasteiger partial charge >= 0.3 is 0 Å². The standard InChI is InChI=1S/C18H19FN2O2/c1-13-3-6-15(7-4-13)23-10-2-9-21-17-8-5-14(19)11-16(17)20-18(21)12-22/h3-8,11,22H,2,9-10,12H2,1H3. The van der Waals surface area contributed by atoms with Crippen LogP contribution in [-0.2, 0) is 13.2 Å². The van der Waals surface area contributed by atoms with Gasteiger partial charge in [-0.3, -0.25) is 0 Å². The molecule has 0 bridgehead atoms. The van der Waals surface area contributed by atoms with Crippen molar-refractivity contribution >= 4 is 11.0 Å². The van der Waals surface area contributed by atoms with Crippen molar-refractivity contribution in [3.63, 3.8) is 0 Å². The van der Waals surface area contributed by atoms with Gasteiger partial charge < -0.3 is 14.4 Å². The summed E-state index contributed by atoms with van der Waals surface area (Å²) < 4.78 is 20.9. The average Bonchev–Trinajstić information content (AvgIpc) is 2.90. The fourth-order valence-electron chi connectivity index (χ4n) is 2.57. The number of imidazole rings is 1. The third-order valence-electron chi connectivity index (χ3n) is 3.75. The molecule has 1 heterocycles. The number of hydrogen-bond donors (Lipinski definition) is 1. The van der Waals surface area contributed by atoms with Crippen molar-refractivity contribution < 1.29 is 14.2 Å². The number of aliphatic hydroxyl groups excluding tert-OH is 1. The van der Waals surface area contributed by atoms with Gasteiger partial charge in [0.2, 0.25) is 0 Å². The Balaban J connectivity index is 1.65. The molecule has 0 amide bonds. The van der Waals surface area contributed by atoms with Crippen LogP contribution >= 0.6 is 0 Å². The number of rotatable bonds is 6. The Morgan fingerprint density at radius 1 is 1.17 bits per heavy atom. The van der Waals surface area contributed by atoms with E-state index in [9.17, 15) is 9.50 Å². The van der Waals surface area contributed by atoms with E-state index in [0.717, 1.165) is 17.7 Å². The van der Waals surface area contributed by atoms with Crippen LogP contribution in [0.2, 0.25) is 0 Å². The Morgan fingerprint density at radius 3 is 2.70 bits per heavy atom. The van der Waals surface area contributed by atoms with Crippen LogP contribution in [0, 0.1) is 12.7 Å². The van der Waals surface area contributed by atoms with Crippen LogP contribution in [0.1, 0.15) is 17.8 Å². The Kier molecular flexibility index (Phi) is 4.57. The van der Waals surface area contributed by atoms with Crippen molar-refractivity contribution in [3.8, 4) is 5.75 Å². The summed E-state index contributed by atoms with van der Waals surface area (Å²) in [5.74, 6) is 1.06. The van der Waals surface area contributed by atoms with Crippen molar-refractivity contribution in [3.05, 3.63) is 59.7 Å². The van der Waals surface area contributed by atoms with Crippen molar-refractivity contribution in [2.24, 2.45) is 0 Å². The first-order valence-electron chi connectivity index (χ1n) is 7.62. The summed E-state index contributed by atoms with van der Waals surface area (Å²) in [7, 11) is 0. The Morgan fingerprint density at radius 2 is 1.96 bits per heavy atom. The summed E-state index contributed by atoms with van der Waals surface area (Å²) in [5.41, 5.74) is 2.58. The second kappa shape index (κ2) is 6.79. The SMILES string of the molecule is Cc1ccc(OCCCn2c(CO)nc3cc(F)ccc32)cc1. The molecule has 0 radical (unpaired) electrons.